The molecule has 1 N–H and O–H groups in total. The zero-order chi connectivity index (χ0) is 19.4. The van der Waals surface area contributed by atoms with Gasteiger partial charge in [0.2, 0.25) is 0 Å². The summed E-state index contributed by atoms with van der Waals surface area (Å²) in [5.41, 5.74) is 0.948. The molecule has 150 valence electrons. The molecule has 2 aliphatic rings. The van der Waals surface area contributed by atoms with Gasteiger partial charge in [0.15, 0.2) is 12.1 Å². The first-order valence-electron chi connectivity index (χ1n) is 9.43. The zero-order valence-electron chi connectivity index (χ0n) is 16.3. The highest BCUT2D eigenvalue weighted by molar-refractivity contribution is 5.67. The molecule has 0 aliphatic carbocycles. The van der Waals surface area contributed by atoms with Gasteiger partial charge in [0.05, 0.1) is 6.10 Å². The average molecular weight is 379 g/mol. The number of fused-ring (bicyclic) bond motifs is 1. The number of methoxy groups -OCH3 is 1. The monoisotopic (exact) mass is 379 g/mol. The Morgan fingerprint density at radius 1 is 1.22 bits per heavy atom. The zero-order valence-corrected chi connectivity index (χ0v) is 16.3. The lowest BCUT2D eigenvalue weighted by Gasteiger charge is -2.26. The molecule has 5 atom stereocenters. The molecule has 2 heterocycles. The molecule has 7 nitrogen and oxygen atoms in total. The van der Waals surface area contributed by atoms with E-state index < -0.39 is 18.2 Å². The van der Waals surface area contributed by atoms with Gasteiger partial charge < -0.3 is 29.0 Å². The molecule has 2 aliphatic heterocycles. The first-order valence-corrected chi connectivity index (χ1v) is 9.43. The van der Waals surface area contributed by atoms with E-state index in [1.165, 1.54) is 0 Å². The number of carbonyl (C=O) groups excluding carboxylic acids is 1. The molecule has 27 heavy (non-hydrogen) atoms. The van der Waals surface area contributed by atoms with E-state index in [0.29, 0.717) is 6.42 Å². The largest absolute Gasteiger partial charge is 0.445 e. The number of ether oxygens (including phenoxy) is 5. The van der Waals surface area contributed by atoms with Gasteiger partial charge >= 0.3 is 6.09 Å². The van der Waals surface area contributed by atoms with Crippen LogP contribution in [0.3, 0.4) is 0 Å². The molecule has 0 bridgehead atoms. The molecule has 1 aromatic carbocycles. The summed E-state index contributed by atoms with van der Waals surface area (Å²) in [6, 6.07) is 9.49. The Labute approximate surface area is 160 Å². The Kier molecular flexibility index (Phi) is 6.37. The highest BCUT2D eigenvalue weighted by atomic mass is 16.8. The van der Waals surface area contributed by atoms with Crippen LogP contribution in [0.15, 0.2) is 30.3 Å². The molecule has 2 fully saturated rings. The van der Waals surface area contributed by atoms with Crippen molar-refractivity contribution in [2.45, 2.75) is 76.7 Å². The summed E-state index contributed by atoms with van der Waals surface area (Å²) in [5, 5.41) is 2.92. The Bertz CT molecular complexity index is 622. The van der Waals surface area contributed by atoms with E-state index in [-0.39, 0.29) is 31.0 Å². The molecule has 7 heteroatoms. The first kappa shape index (κ1) is 20.1. The minimum Gasteiger partial charge on any atom is -0.445 e. The van der Waals surface area contributed by atoms with Crippen LogP contribution in [0.25, 0.3) is 0 Å². The Balaban J connectivity index is 1.52. The van der Waals surface area contributed by atoms with Gasteiger partial charge in [0.1, 0.15) is 18.8 Å². The van der Waals surface area contributed by atoms with Crippen molar-refractivity contribution in [3.8, 4) is 0 Å². The smallest absolute Gasteiger partial charge is 0.407 e. The molecule has 0 aromatic heterocycles. The number of carbonyl (C=O) groups is 1. The van der Waals surface area contributed by atoms with Gasteiger partial charge in [-0.3, -0.25) is 0 Å². The van der Waals surface area contributed by atoms with Crippen molar-refractivity contribution in [2.24, 2.45) is 0 Å². The van der Waals surface area contributed by atoms with Crippen LogP contribution >= 0.6 is 0 Å². The second kappa shape index (κ2) is 8.56. The summed E-state index contributed by atoms with van der Waals surface area (Å²) in [7, 11) is 1.59. The highest BCUT2D eigenvalue weighted by Crippen LogP contribution is 2.40. The fourth-order valence-electron chi connectivity index (χ4n) is 3.56. The summed E-state index contributed by atoms with van der Waals surface area (Å²) in [5.74, 6) is -0.669. The van der Waals surface area contributed by atoms with Gasteiger partial charge in [-0.05, 0) is 32.3 Å². The molecule has 1 aromatic rings. The number of nitrogens with one attached hydrogen (secondary N) is 1. The maximum Gasteiger partial charge on any atom is 0.407 e. The average Bonchev–Trinajstić information content (AvgIpc) is 3.13. The third-order valence-electron chi connectivity index (χ3n) is 4.88. The minimum absolute atomic E-state index is 0.0955. The van der Waals surface area contributed by atoms with E-state index in [1.807, 2.05) is 51.1 Å². The fraction of sp³-hybridized carbons (Fsp3) is 0.650. The van der Waals surface area contributed by atoms with E-state index in [1.54, 1.807) is 7.11 Å². The predicted molar refractivity (Wildman–Crippen MR) is 98.0 cm³/mol. The van der Waals surface area contributed by atoms with E-state index in [0.717, 1.165) is 12.0 Å². The Morgan fingerprint density at radius 3 is 2.59 bits per heavy atom. The number of amides is 1. The van der Waals surface area contributed by atoms with Gasteiger partial charge in [-0.25, -0.2) is 4.79 Å². The van der Waals surface area contributed by atoms with Gasteiger partial charge in [0.25, 0.3) is 0 Å². The van der Waals surface area contributed by atoms with Gasteiger partial charge in [-0.2, -0.15) is 0 Å². The molecule has 0 radical (unpaired) electrons. The lowest BCUT2D eigenvalue weighted by atomic mass is 10.0. The van der Waals surface area contributed by atoms with E-state index in [9.17, 15) is 4.79 Å². The maximum atomic E-state index is 12.2. The van der Waals surface area contributed by atoms with Gasteiger partial charge in [-0.15, -0.1) is 0 Å². The van der Waals surface area contributed by atoms with Crippen molar-refractivity contribution in [3.63, 3.8) is 0 Å². The van der Waals surface area contributed by atoms with Gasteiger partial charge in [-0.1, -0.05) is 37.3 Å². The molecule has 2 saturated heterocycles. The van der Waals surface area contributed by atoms with Crippen molar-refractivity contribution in [1.82, 2.24) is 5.32 Å². The minimum atomic E-state index is -0.669. The van der Waals surface area contributed by atoms with Crippen LogP contribution in [0.5, 0.6) is 0 Å². The summed E-state index contributed by atoms with van der Waals surface area (Å²) in [6.45, 7) is 6.01. The number of hydrogen-bond acceptors (Lipinski definition) is 6. The molecule has 3 rings (SSSR count). The van der Waals surface area contributed by atoms with Crippen LogP contribution in [0.2, 0.25) is 0 Å². The molecule has 1 amide bonds. The van der Waals surface area contributed by atoms with Crippen LogP contribution in [0.1, 0.15) is 39.2 Å². The van der Waals surface area contributed by atoms with Crippen LogP contribution in [-0.2, 0) is 30.3 Å². The second-order valence-electron chi connectivity index (χ2n) is 7.39. The quantitative estimate of drug-likeness (QED) is 0.785. The number of hydrogen-bond donors (Lipinski definition) is 1. The molecule has 0 spiro atoms. The normalized spacial score (nSPS) is 29.9. The maximum absolute atomic E-state index is 12.2. The van der Waals surface area contributed by atoms with Crippen LogP contribution in [0, 0.1) is 0 Å². The third-order valence-corrected chi connectivity index (χ3v) is 4.88. The summed E-state index contributed by atoms with van der Waals surface area (Å²) >= 11 is 0. The standard InChI is InChI=1S/C20H29NO6/c1-5-14(21-19(22)24-12-13-9-7-6-8-10-13)11-15-16-17(18(23-4)25-15)27-20(2,3)26-16/h6-10,14-18H,5,11-12H2,1-4H3,(H,21,22)/t14-,15+,16?,17?,18+/m0/s1. The van der Waals surface area contributed by atoms with Crippen LogP contribution in [-0.4, -0.2) is 49.6 Å². The number of alkyl carbamates (subject to hydrolysis) is 1. The lowest BCUT2D eigenvalue weighted by molar-refractivity contribution is -0.228. The number of rotatable bonds is 7. The molecular weight excluding hydrogens is 350 g/mol. The van der Waals surface area contributed by atoms with Crippen LogP contribution < -0.4 is 5.32 Å². The van der Waals surface area contributed by atoms with Crippen molar-refractivity contribution in [2.75, 3.05) is 7.11 Å². The predicted octanol–water partition coefficient (Wildman–Crippen LogP) is 2.97. The first-order chi connectivity index (χ1) is 12.9. The van der Waals surface area contributed by atoms with Gasteiger partial charge in [0, 0.05) is 13.2 Å². The number of benzene rings is 1. The second-order valence-corrected chi connectivity index (χ2v) is 7.39. The topological polar surface area (TPSA) is 75.3 Å². The van der Waals surface area contributed by atoms with Crippen molar-refractivity contribution in [1.29, 1.82) is 0 Å². The van der Waals surface area contributed by atoms with Crippen molar-refractivity contribution >= 4 is 6.09 Å². The molecular formula is C20H29NO6. The SMILES string of the molecule is CC[C@@H](C[C@H]1O[C@@H](OC)C2OC(C)(C)OC21)NC(=O)OCc1ccccc1. The lowest BCUT2D eigenvalue weighted by Crippen LogP contribution is -2.40. The Morgan fingerprint density at radius 2 is 1.93 bits per heavy atom. The van der Waals surface area contributed by atoms with E-state index in [4.69, 9.17) is 23.7 Å². The third kappa shape index (κ3) is 4.99. The molecule has 2 unspecified atom stereocenters. The van der Waals surface area contributed by atoms with Crippen molar-refractivity contribution in [3.05, 3.63) is 35.9 Å². The summed E-state index contributed by atoms with van der Waals surface area (Å²) in [4.78, 5) is 12.2. The fourth-order valence-corrected chi connectivity index (χ4v) is 3.56. The molecule has 0 saturated carbocycles. The highest BCUT2D eigenvalue weighted by Gasteiger charge is 2.55. The van der Waals surface area contributed by atoms with E-state index >= 15 is 0 Å². The van der Waals surface area contributed by atoms with Crippen LogP contribution in [0.4, 0.5) is 4.79 Å². The Hall–Kier alpha value is -1.67. The summed E-state index contributed by atoms with van der Waals surface area (Å²) in [6.07, 6.45) is -0.270. The summed E-state index contributed by atoms with van der Waals surface area (Å²) < 4.78 is 28.6. The van der Waals surface area contributed by atoms with Crippen molar-refractivity contribution < 1.29 is 28.5 Å². The van der Waals surface area contributed by atoms with E-state index in [2.05, 4.69) is 5.32 Å².